The van der Waals surface area contributed by atoms with Gasteiger partial charge in [0.15, 0.2) is 0 Å². The van der Waals surface area contributed by atoms with Crippen molar-refractivity contribution in [1.29, 1.82) is 0 Å². The Morgan fingerprint density at radius 3 is 2.48 bits per heavy atom. The van der Waals surface area contributed by atoms with Gasteiger partial charge in [0.1, 0.15) is 0 Å². The Bertz CT molecular complexity index is 958. The Balaban J connectivity index is 1.35. The van der Waals surface area contributed by atoms with Crippen LogP contribution in [0.1, 0.15) is 35.7 Å². The second-order valence-corrected chi connectivity index (χ2v) is 8.41. The predicted octanol–water partition coefficient (Wildman–Crippen LogP) is 4.29. The number of aromatic nitrogens is 2. The first-order valence-electron chi connectivity index (χ1n) is 10.8. The summed E-state index contributed by atoms with van der Waals surface area (Å²) in [5.41, 5.74) is 3.02. The fourth-order valence-electron chi connectivity index (χ4n) is 4.05. The molecule has 1 unspecified atom stereocenters. The average Bonchev–Trinajstić information content (AvgIpc) is 2.83. The molecule has 160 valence electrons. The molecule has 2 heterocycles. The predicted molar refractivity (Wildman–Crippen MR) is 123 cm³/mol. The van der Waals surface area contributed by atoms with Crippen LogP contribution in [0.15, 0.2) is 73.2 Å². The van der Waals surface area contributed by atoms with Gasteiger partial charge in [0.25, 0.3) is 0 Å². The zero-order valence-corrected chi connectivity index (χ0v) is 18.2. The van der Waals surface area contributed by atoms with E-state index in [-0.39, 0.29) is 17.9 Å². The molecule has 1 aliphatic rings. The van der Waals surface area contributed by atoms with Crippen molar-refractivity contribution in [2.75, 3.05) is 19.6 Å². The fourth-order valence-corrected chi connectivity index (χ4v) is 4.18. The van der Waals surface area contributed by atoms with Gasteiger partial charge in [0, 0.05) is 29.9 Å². The topological polar surface area (TPSA) is 58.1 Å². The Morgan fingerprint density at radius 1 is 1.06 bits per heavy atom. The number of carbonyl (C=O) groups is 1. The molecular weight excluding hydrogens is 408 g/mol. The first-order valence-corrected chi connectivity index (χ1v) is 11.1. The third-order valence-corrected chi connectivity index (χ3v) is 6.14. The molecule has 0 saturated carbocycles. The van der Waals surface area contributed by atoms with E-state index in [1.54, 1.807) is 18.6 Å². The van der Waals surface area contributed by atoms with Crippen LogP contribution in [0.3, 0.4) is 0 Å². The Hall–Kier alpha value is -2.76. The van der Waals surface area contributed by atoms with Crippen molar-refractivity contribution in [2.24, 2.45) is 5.92 Å². The molecular formula is C25H27ClN4O. The fraction of sp³-hybridized carbons (Fsp3) is 0.320. The van der Waals surface area contributed by atoms with Crippen LogP contribution in [-0.2, 0) is 11.2 Å². The summed E-state index contributed by atoms with van der Waals surface area (Å²) < 4.78 is 0. The Kier molecular flexibility index (Phi) is 7.28. The van der Waals surface area contributed by atoms with Gasteiger partial charge in [-0.2, -0.15) is 0 Å². The minimum atomic E-state index is -0.338. The Labute approximate surface area is 188 Å². The molecule has 3 aromatic rings. The lowest BCUT2D eigenvalue weighted by Crippen LogP contribution is -2.42. The molecule has 6 heteroatoms. The lowest BCUT2D eigenvalue weighted by molar-refractivity contribution is -0.127. The van der Waals surface area contributed by atoms with Gasteiger partial charge in [-0.25, -0.2) is 0 Å². The average molecular weight is 435 g/mol. The number of amides is 1. The number of piperidine rings is 1. The highest BCUT2D eigenvalue weighted by atomic mass is 35.5. The van der Waals surface area contributed by atoms with Crippen molar-refractivity contribution in [3.05, 3.63) is 95.0 Å². The summed E-state index contributed by atoms with van der Waals surface area (Å²) in [6.45, 7) is 2.93. The van der Waals surface area contributed by atoms with Gasteiger partial charge in [-0.1, -0.05) is 54.1 Å². The van der Waals surface area contributed by atoms with Crippen LogP contribution in [0.4, 0.5) is 0 Å². The minimum Gasteiger partial charge on any atom is -0.343 e. The summed E-state index contributed by atoms with van der Waals surface area (Å²) in [6, 6.07) is 17.7. The van der Waals surface area contributed by atoms with Crippen LogP contribution >= 0.6 is 11.6 Å². The summed E-state index contributed by atoms with van der Waals surface area (Å²) in [4.78, 5) is 24.2. The summed E-state index contributed by atoms with van der Waals surface area (Å²) in [7, 11) is 0. The van der Waals surface area contributed by atoms with Crippen molar-refractivity contribution < 1.29 is 4.79 Å². The minimum absolute atomic E-state index is 0.0134. The van der Waals surface area contributed by atoms with Gasteiger partial charge in [-0.15, -0.1) is 0 Å². The number of carbonyl (C=O) groups excluding carboxylic acids is 1. The quantitative estimate of drug-likeness (QED) is 0.602. The molecule has 5 nitrogen and oxygen atoms in total. The van der Waals surface area contributed by atoms with Crippen LogP contribution in [0, 0.1) is 5.92 Å². The van der Waals surface area contributed by atoms with Crippen LogP contribution in [0.2, 0.25) is 5.02 Å². The normalized spacial score (nSPS) is 16.0. The molecule has 1 atom stereocenters. The van der Waals surface area contributed by atoms with Gasteiger partial charge in [0.05, 0.1) is 17.9 Å². The molecule has 1 N–H and O–H groups in total. The number of likely N-dealkylation sites (tertiary alicyclic amines) is 1. The van der Waals surface area contributed by atoms with E-state index in [1.807, 2.05) is 30.3 Å². The van der Waals surface area contributed by atoms with Gasteiger partial charge in [0.2, 0.25) is 5.91 Å². The van der Waals surface area contributed by atoms with Crippen molar-refractivity contribution in [3.8, 4) is 0 Å². The Morgan fingerprint density at radius 2 is 1.81 bits per heavy atom. The number of nitrogens with zero attached hydrogens (tertiary/aromatic N) is 3. The molecule has 4 rings (SSSR count). The van der Waals surface area contributed by atoms with Crippen LogP contribution in [0.5, 0.6) is 0 Å². The third kappa shape index (κ3) is 5.90. The molecule has 1 aromatic heterocycles. The number of benzene rings is 2. The molecule has 0 radical (unpaired) electrons. The maximum atomic E-state index is 13.1. The van der Waals surface area contributed by atoms with E-state index in [1.165, 1.54) is 5.56 Å². The lowest BCUT2D eigenvalue weighted by Gasteiger charge is -2.32. The molecule has 1 aliphatic heterocycles. The first kappa shape index (κ1) is 21.5. The number of hydrogen-bond acceptors (Lipinski definition) is 4. The summed E-state index contributed by atoms with van der Waals surface area (Å²) >= 11 is 6.05. The van der Waals surface area contributed by atoms with Gasteiger partial charge in [-0.3, -0.25) is 14.8 Å². The molecule has 1 saturated heterocycles. The van der Waals surface area contributed by atoms with E-state index in [0.29, 0.717) is 5.02 Å². The molecule has 0 aliphatic carbocycles. The molecule has 1 fully saturated rings. The van der Waals surface area contributed by atoms with E-state index in [0.717, 1.165) is 50.2 Å². The molecule has 0 spiro atoms. The molecule has 1 amide bonds. The van der Waals surface area contributed by atoms with E-state index in [4.69, 9.17) is 11.6 Å². The SMILES string of the molecule is O=C(NC(c1ccc(Cl)cc1)c1cnccn1)C1CCN(CCc2ccccc2)CC1. The zero-order chi connectivity index (χ0) is 21.5. The van der Waals surface area contributed by atoms with Crippen LogP contribution in [0.25, 0.3) is 0 Å². The second kappa shape index (κ2) is 10.5. The van der Waals surface area contributed by atoms with E-state index >= 15 is 0 Å². The van der Waals surface area contributed by atoms with Crippen LogP contribution in [-0.4, -0.2) is 40.4 Å². The van der Waals surface area contributed by atoms with E-state index < -0.39 is 0 Å². The highest BCUT2D eigenvalue weighted by Crippen LogP contribution is 2.24. The van der Waals surface area contributed by atoms with Crippen LogP contribution < -0.4 is 5.32 Å². The third-order valence-electron chi connectivity index (χ3n) is 5.89. The molecule has 31 heavy (non-hydrogen) atoms. The maximum absolute atomic E-state index is 13.1. The summed E-state index contributed by atoms with van der Waals surface area (Å²) in [5.74, 6) is 0.0905. The van der Waals surface area contributed by atoms with Gasteiger partial charge >= 0.3 is 0 Å². The number of nitrogens with one attached hydrogen (secondary N) is 1. The lowest BCUT2D eigenvalue weighted by atomic mass is 9.94. The van der Waals surface area contributed by atoms with Crippen molar-refractivity contribution in [2.45, 2.75) is 25.3 Å². The zero-order valence-electron chi connectivity index (χ0n) is 17.5. The van der Waals surface area contributed by atoms with Crippen molar-refractivity contribution in [1.82, 2.24) is 20.2 Å². The van der Waals surface area contributed by atoms with Gasteiger partial charge < -0.3 is 10.2 Å². The van der Waals surface area contributed by atoms with E-state index in [2.05, 4.69) is 44.5 Å². The first-order chi connectivity index (χ1) is 15.2. The number of rotatable bonds is 7. The highest BCUT2D eigenvalue weighted by molar-refractivity contribution is 6.30. The van der Waals surface area contributed by atoms with Gasteiger partial charge in [-0.05, 0) is 55.6 Å². The maximum Gasteiger partial charge on any atom is 0.224 e. The highest BCUT2D eigenvalue weighted by Gasteiger charge is 2.27. The summed E-state index contributed by atoms with van der Waals surface area (Å²) in [6.07, 6.45) is 7.77. The standard InChI is InChI=1S/C25H27ClN4O/c26-22-8-6-20(7-9-22)24(23-18-27-13-14-28-23)29-25(31)21-11-16-30(17-12-21)15-10-19-4-2-1-3-5-19/h1-9,13-14,18,21,24H,10-12,15-17H2,(H,29,31). The monoisotopic (exact) mass is 434 g/mol. The second-order valence-electron chi connectivity index (χ2n) is 7.97. The number of halogens is 1. The van der Waals surface area contributed by atoms with Crippen molar-refractivity contribution >= 4 is 17.5 Å². The smallest absolute Gasteiger partial charge is 0.224 e. The molecule has 2 aromatic carbocycles. The number of hydrogen-bond donors (Lipinski definition) is 1. The van der Waals surface area contributed by atoms with Crippen molar-refractivity contribution in [3.63, 3.8) is 0 Å². The largest absolute Gasteiger partial charge is 0.343 e. The molecule has 0 bridgehead atoms. The van der Waals surface area contributed by atoms with E-state index in [9.17, 15) is 4.79 Å². The summed E-state index contributed by atoms with van der Waals surface area (Å²) in [5, 5.41) is 3.87.